The molecule has 0 aromatic heterocycles. The van der Waals surface area contributed by atoms with E-state index in [0.717, 1.165) is 13.0 Å². The lowest BCUT2D eigenvalue weighted by Crippen LogP contribution is -2.09. The number of rotatable bonds is 4. The van der Waals surface area contributed by atoms with Crippen molar-refractivity contribution < 1.29 is 5.11 Å². The Morgan fingerprint density at radius 3 is 2.50 bits per heavy atom. The van der Waals surface area contributed by atoms with Crippen LogP contribution in [0.1, 0.15) is 20.3 Å². The molecule has 0 heterocycles. The highest BCUT2D eigenvalue weighted by molar-refractivity contribution is 4.45. The maximum atomic E-state index is 8.21. The summed E-state index contributed by atoms with van der Waals surface area (Å²) < 4.78 is 0. The van der Waals surface area contributed by atoms with Crippen molar-refractivity contribution in [1.82, 2.24) is 5.32 Å². The van der Waals surface area contributed by atoms with Crippen molar-refractivity contribution in [2.45, 2.75) is 20.3 Å². The van der Waals surface area contributed by atoms with Crippen LogP contribution in [0.15, 0.2) is 0 Å². The summed E-state index contributed by atoms with van der Waals surface area (Å²) >= 11 is 0. The van der Waals surface area contributed by atoms with Crippen LogP contribution in [-0.2, 0) is 0 Å². The maximum Gasteiger partial charge on any atom is 0.109 e. The van der Waals surface area contributed by atoms with Crippen LogP contribution in [0.4, 0.5) is 0 Å². The van der Waals surface area contributed by atoms with Crippen molar-refractivity contribution in [2.24, 2.45) is 5.92 Å². The zero-order chi connectivity index (χ0) is 6.41. The molecule has 1 N–H and O–H groups in total. The van der Waals surface area contributed by atoms with E-state index in [2.05, 4.69) is 19.2 Å². The molecule has 0 aromatic carbocycles. The summed E-state index contributed by atoms with van der Waals surface area (Å²) in [5, 5.41) is 12.0. The van der Waals surface area contributed by atoms with E-state index in [9.17, 15) is 0 Å². The first-order valence-electron chi connectivity index (χ1n) is 3.01. The maximum absolute atomic E-state index is 8.21. The molecule has 49 valence electrons. The Bertz CT molecular complexity index is 45.8. The van der Waals surface area contributed by atoms with Gasteiger partial charge in [-0.1, -0.05) is 13.8 Å². The first-order chi connectivity index (χ1) is 3.77. The summed E-state index contributed by atoms with van der Waals surface area (Å²) in [6.45, 7) is 5.07. The van der Waals surface area contributed by atoms with Crippen LogP contribution in [0.25, 0.3) is 0 Å². The molecule has 0 atom stereocenters. The van der Waals surface area contributed by atoms with E-state index in [1.54, 1.807) is 0 Å². The molecule has 0 rings (SSSR count). The molecule has 0 aliphatic carbocycles. The number of hydrogen-bond donors (Lipinski definition) is 1. The van der Waals surface area contributed by atoms with Crippen molar-refractivity contribution in [3.8, 4) is 0 Å². The lowest BCUT2D eigenvalue weighted by atomic mass is 10.1. The third-order valence-electron chi connectivity index (χ3n) is 0.965. The summed E-state index contributed by atoms with van der Waals surface area (Å²) in [7, 11) is 0. The third kappa shape index (κ3) is 5.92. The fourth-order valence-electron chi connectivity index (χ4n) is 0.420. The molecule has 0 aliphatic heterocycles. The summed E-state index contributed by atoms with van der Waals surface area (Å²) in [4.78, 5) is 0. The number of hydrogen-bond acceptors (Lipinski definition) is 1. The highest BCUT2D eigenvalue weighted by Crippen LogP contribution is 1.95. The van der Waals surface area contributed by atoms with Gasteiger partial charge < -0.3 is 5.11 Å². The SMILES string of the molecule is CC(C)CC[N]CO. The van der Waals surface area contributed by atoms with Gasteiger partial charge >= 0.3 is 0 Å². The topological polar surface area (TPSA) is 34.3 Å². The molecule has 2 heteroatoms. The quantitative estimate of drug-likeness (QED) is 0.536. The summed E-state index contributed by atoms with van der Waals surface area (Å²) in [6, 6.07) is 0. The van der Waals surface area contributed by atoms with Crippen LogP contribution < -0.4 is 5.32 Å². The highest BCUT2D eigenvalue weighted by Gasteiger charge is 1.91. The van der Waals surface area contributed by atoms with Gasteiger partial charge in [-0.05, 0) is 12.3 Å². The van der Waals surface area contributed by atoms with Crippen molar-refractivity contribution in [3.05, 3.63) is 0 Å². The van der Waals surface area contributed by atoms with Gasteiger partial charge in [0.1, 0.15) is 6.73 Å². The van der Waals surface area contributed by atoms with Gasteiger partial charge in [0, 0.05) is 6.54 Å². The second kappa shape index (κ2) is 5.06. The summed E-state index contributed by atoms with van der Waals surface area (Å²) in [5.74, 6) is 0.699. The van der Waals surface area contributed by atoms with Crippen LogP contribution >= 0.6 is 0 Å². The minimum Gasteiger partial charge on any atom is -0.380 e. The molecule has 0 unspecified atom stereocenters. The molecule has 0 saturated heterocycles. The predicted octanol–water partition coefficient (Wildman–Crippen LogP) is 0.587. The van der Waals surface area contributed by atoms with Crippen LogP contribution in [0.5, 0.6) is 0 Å². The largest absolute Gasteiger partial charge is 0.380 e. The molecular weight excluding hydrogens is 102 g/mol. The van der Waals surface area contributed by atoms with Crippen molar-refractivity contribution >= 4 is 0 Å². The van der Waals surface area contributed by atoms with Gasteiger partial charge in [-0.25, -0.2) is 5.32 Å². The molecular formula is C6H14NO. The Hall–Kier alpha value is -0.0800. The van der Waals surface area contributed by atoms with Crippen molar-refractivity contribution in [2.75, 3.05) is 13.3 Å². The summed E-state index contributed by atoms with van der Waals surface area (Å²) in [5.41, 5.74) is 0. The van der Waals surface area contributed by atoms with Crippen molar-refractivity contribution in [1.29, 1.82) is 0 Å². The standard InChI is InChI=1S/C6H14NO/c1-6(2)3-4-7-5-8/h6,8H,3-5H2,1-2H3. The highest BCUT2D eigenvalue weighted by atomic mass is 16.3. The average Bonchev–Trinajstić information content (AvgIpc) is 1.66. The molecule has 0 aromatic rings. The number of aliphatic hydroxyl groups is 1. The van der Waals surface area contributed by atoms with Gasteiger partial charge in [0.2, 0.25) is 0 Å². The van der Waals surface area contributed by atoms with Crippen LogP contribution in [0.3, 0.4) is 0 Å². The predicted molar refractivity (Wildman–Crippen MR) is 33.5 cm³/mol. The Kier molecular flexibility index (Phi) is 5.01. The monoisotopic (exact) mass is 116 g/mol. The summed E-state index contributed by atoms with van der Waals surface area (Å²) in [6.07, 6.45) is 1.08. The fourth-order valence-corrected chi connectivity index (χ4v) is 0.420. The van der Waals surface area contributed by atoms with E-state index in [0.29, 0.717) is 5.92 Å². The van der Waals surface area contributed by atoms with E-state index in [1.807, 2.05) is 0 Å². The van der Waals surface area contributed by atoms with Gasteiger partial charge in [0.15, 0.2) is 0 Å². The smallest absolute Gasteiger partial charge is 0.109 e. The van der Waals surface area contributed by atoms with Gasteiger partial charge in [0.05, 0.1) is 0 Å². The first kappa shape index (κ1) is 7.92. The Balaban J connectivity index is 2.72. The molecule has 0 fully saturated rings. The van der Waals surface area contributed by atoms with E-state index >= 15 is 0 Å². The van der Waals surface area contributed by atoms with Crippen LogP contribution in [0.2, 0.25) is 0 Å². The Morgan fingerprint density at radius 2 is 2.12 bits per heavy atom. The van der Waals surface area contributed by atoms with Crippen molar-refractivity contribution in [3.63, 3.8) is 0 Å². The molecule has 0 saturated carbocycles. The first-order valence-corrected chi connectivity index (χ1v) is 3.01. The number of aliphatic hydroxyl groups excluding tert-OH is 1. The van der Waals surface area contributed by atoms with Crippen LogP contribution in [-0.4, -0.2) is 18.4 Å². The average molecular weight is 116 g/mol. The van der Waals surface area contributed by atoms with Gasteiger partial charge in [-0.3, -0.25) is 0 Å². The third-order valence-corrected chi connectivity index (χ3v) is 0.965. The molecule has 0 bridgehead atoms. The second-order valence-corrected chi connectivity index (χ2v) is 2.27. The Labute approximate surface area is 50.9 Å². The molecule has 0 spiro atoms. The van der Waals surface area contributed by atoms with Gasteiger partial charge in [-0.2, -0.15) is 0 Å². The van der Waals surface area contributed by atoms with E-state index < -0.39 is 0 Å². The lowest BCUT2D eigenvalue weighted by Gasteiger charge is -2.00. The molecule has 2 nitrogen and oxygen atoms in total. The van der Waals surface area contributed by atoms with E-state index in [-0.39, 0.29) is 6.73 Å². The second-order valence-electron chi connectivity index (χ2n) is 2.27. The zero-order valence-electron chi connectivity index (χ0n) is 5.59. The van der Waals surface area contributed by atoms with Crippen LogP contribution in [0, 0.1) is 5.92 Å². The van der Waals surface area contributed by atoms with E-state index in [1.165, 1.54) is 0 Å². The fraction of sp³-hybridized carbons (Fsp3) is 1.00. The Morgan fingerprint density at radius 1 is 1.50 bits per heavy atom. The molecule has 0 amide bonds. The number of nitrogens with zero attached hydrogens (tertiary/aromatic N) is 1. The molecule has 1 radical (unpaired) electrons. The molecule has 8 heavy (non-hydrogen) atoms. The van der Waals surface area contributed by atoms with E-state index in [4.69, 9.17) is 5.11 Å². The lowest BCUT2D eigenvalue weighted by molar-refractivity contribution is 0.253. The minimum atomic E-state index is -0.0211. The molecule has 0 aliphatic rings. The van der Waals surface area contributed by atoms with Gasteiger partial charge in [0.25, 0.3) is 0 Å². The van der Waals surface area contributed by atoms with Gasteiger partial charge in [-0.15, -0.1) is 0 Å². The zero-order valence-corrected chi connectivity index (χ0v) is 5.59. The normalized spacial score (nSPS) is 10.5. The minimum absolute atomic E-state index is 0.0211.